The summed E-state index contributed by atoms with van der Waals surface area (Å²) in [5, 5.41) is 2.85. The number of hydrogen-bond donors (Lipinski definition) is 1. The van der Waals surface area contributed by atoms with Crippen LogP contribution in [0, 0.1) is 0 Å². The molecule has 0 radical (unpaired) electrons. The maximum Gasteiger partial charge on any atom is 0.329 e. The van der Waals surface area contributed by atoms with Gasteiger partial charge in [0.25, 0.3) is 17.7 Å². The Morgan fingerprint density at radius 3 is 2.27 bits per heavy atom. The van der Waals surface area contributed by atoms with Gasteiger partial charge in [-0.15, -0.1) is 0 Å². The molecule has 1 saturated carbocycles. The number of nitrogens with one attached hydrogen (secondary N) is 1. The molecule has 1 aromatic carbocycles. The summed E-state index contributed by atoms with van der Waals surface area (Å²) in [7, 11) is 0. The van der Waals surface area contributed by atoms with Gasteiger partial charge in [0, 0.05) is 6.04 Å². The van der Waals surface area contributed by atoms with Gasteiger partial charge in [-0.1, -0.05) is 31.4 Å². The molecule has 7 nitrogen and oxygen atoms in total. The first-order valence-corrected chi connectivity index (χ1v) is 8.92. The highest BCUT2D eigenvalue weighted by atomic mass is 16.5. The quantitative estimate of drug-likeness (QED) is 0.638. The van der Waals surface area contributed by atoms with Crippen molar-refractivity contribution in [3.63, 3.8) is 0 Å². The van der Waals surface area contributed by atoms with Crippen molar-refractivity contribution in [3.8, 4) is 0 Å². The number of hydrogen-bond acceptors (Lipinski definition) is 5. The zero-order chi connectivity index (χ0) is 18.7. The summed E-state index contributed by atoms with van der Waals surface area (Å²) in [4.78, 5) is 49.8. The highest BCUT2D eigenvalue weighted by Crippen LogP contribution is 2.24. The van der Waals surface area contributed by atoms with Crippen LogP contribution in [0.25, 0.3) is 0 Å². The zero-order valence-electron chi connectivity index (χ0n) is 14.7. The molecule has 0 bridgehead atoms. The molecule has 0 saturated heterocycles. The number of imide groups is 1. The molecule has 0 aromatic heterocycles. The number of benzene rings is 1. The number of amides is 3. The second kappa shape index (κ2) is 7.68. The van der Waals surface area contributed by atoms with Gasteiger partial charge in [-0.3, -0.25) is 19.3 Å². The monoisotopic (exact) mass is 358 g/mol. The topological polar surface area (TPSA) is 92.8 Å². The van der Waals surface area contributed by atoms with Crippen molar-refractivity contribution < 1.29 is 23.9 Å². The Balaban J connectivity index is 1.54. The summed E-state index contributed by atoms with van der Waals surface area (Å²) >= 11 is 0. The number of esters is 1. The van der Waals surface area contributed by atoms with E-state index in [1.165, 1.54) is 13.3 Å². The molecule has 1 heterocycles. The summed E-state index contributed by atoms with van der Waals surface area (Å²) in [6, 6.07) is 5.45. The standard InChI is InChI=1S/C19H22N2O5/c1-12(21-17(23)14-9-5-6-10-15(14)18(21)24)19(25)26-11-16(22)20-13-7-3-2-4-8-13/h5-6,9-10,12-13H,2-4,7-8,11H2,1H3,(H,20,22)/t12-/m1/s1. The summed E-state index contributed by atoms with van der Waals surface area (Å²) in [6.07, 6.45) is 5.22. The Labute approximate surface area is 151 Å². The van der Waals surface area contributed by atoms with E-state index in [4.69, 9.17) is 4.74 Å². The van der Waals surface area contributed by atoms with Crippen molar-refractivity contribution in [2.75, 3.05) is 6.61 Å². The molecular weight excluding hydrogens is 336 g/mol. The van der Waals surface area contributed by atoms with E-state index in [0.29, 0.717) is 0 Å². The third kappa shape index (κ3) is 3.61. The normalized spacial score (nSPS) is 18.4. The van der Waals surface area contributed by atoms with Crippen LogP contribution in [0.5, 0.6) is 0 Å². The first-order valence-electron chi connectivity index (χ1n) is 8.92. The predicted octanol–water partition coefficient (Wildman–Crippen LogP) is 1.66. The first-order chi connectivity index (χ1) is 12.5. The maximum atomic E-state index is 12.4. The fourth-order valence-corrected chi connectivity index (χ4v) is 3.44. The molecule has 2 aliphatic rings. The third-order valence-electron chi connectivity index (χ3n) is 4.87. The van der Waals surface area contributed by atoms with Gasteiger partial charge in [-0.2, -0.15) is 0 Å². The average Bonchev–Trinajstić information content (AvgIpc) is 2.91. The van der Waals surface area contributed by atoms with Gasteiger partial charge in [0.05, 0.1) is 11.1 Å². The number of nitrogens with zero attached hydrogens (tertiary/aromatic N) is 1. The number of carbonyl (C=O) groups excluding carboxylic acids is 4. The molecule has 0 spiro atoms. The van der Waals surface area contributed by atoms with Crippen LogP contribution in [0.1, 0.15) is 59.7 Å². The minimum Gasteiger partial charge on any atom is -0.454 e. The van der Waals surface area contributed by atoms with Gasteiger partial charge >= 0.3 is 5.97 Å². The highest BCUT2D eigenvalue weighted by molar-refractivity contribution is 6.22. The second-order valence-electron chi connectivity index (χ2n) is 6.71. The highest BCUT2D eigenvalue weighted by Gasteiger charge is 2.41. The molecule has 1 fully saturated rings. The lowest BCUT2D eigenvalue weighted by molar-refractivity contribution is -0.152. The van der Waals surface area contributed by atoms with Crippen molar-refractivity contribution in [1.29, 1.82) is 0 Å². The van der Waals surface area contributed by atoms with Crippen molar-refractivity contribution in [2.45, 2.75) is 51.1 Å². The van der Waals surface area contributed by atoms with E-state index in [0.717, 1.165) is 30.6 Å². The molecule has 0 unspecified atom stereocenters. The molecule has 1 aromatic rings. The van der Waals surface area contributed by atoms with Gasteiger partial charge in [-0.05, 0) is 31.9 Å². The molecular formula is C19H22N2O5. The van der Waals surface area contributed by atoms with E-state index >= 15 is 0 Å². The van der Waals surface area contributed by atoms with E-state index in [2.05, 4.69) is 5.32 Å². The summed E-state index contributed by atoms with van der Waals surface area (Å²) < 4.78 is 5.02. The molecule has 1 aliphatic carbocycles. The van der Waals surface area contributed by atoms with Gasteiger partial charge in [0.1, 0.15) is 6.04 Å². The van der Waals surface area contributed by atoms with E-state index < -0.39 is 30.4 Å². The lowest BCUT2D eigenvalue weighted by Crippen LogP contribution is -2.45. The summed E-state index contributed by atoms with van der Waals surface area (Å²) in [5.74, 6) is -2.19. The molecule has 1 aliphatic heterocycles. The van der Waals surface area contributed by atoms with Crippen LogP contribution < -0.4 is 5.32 Å². The number of fused-ring (bicyclic) bond motifs is 1. The number of carbonyl (C=O) groups is 4. The molecule has 3 rings (SSSR count). The van der Waals surface area contributed by atoms with Crippen molar-refractivity contribution >= 4 is 23.7 Å². The Bertz CT molecular complexity index is 704. The molecule has 26 heavy (non-hydrogen) atoms. The smallest absolute Gasteiger partial charge is 0.329 e. The lowest BCUT2D eigenvalue weighted by Gasteiger charge is -2.23. The lowest BCUT2D eigenvalue weighted by atomic mass is 9.95. The van der Waals surface area contributed by atoms with E-state index in [1.807, 2.05) is 0 Å². The van der Waals surface area contributed by atoms with E-state index in [1.54, 1.807) is 24.3 Å². The Hall–Kier alpha value is -2.70. The molecule has 3 amide bonds. The SMILES string of the molecule is C[C@H](C(=O)OCC(=O)NC1CCCCC1)N1C(=O)c2ccccc2C1=O. The summed E-state index contributed by atoms with van der Waals surface area (Å²) in [5.41, 5.74) is 0.541. The van der Waals surface area contributed by atoms with Crippen LogP contribution in [0.15, 0.2) is 24.3 Å². The molecule has 1 atom stereocenters. The Morgan fingerprint density at radius 2 is 1.69 bits per heavy atom. The minimum absolute atomic E-state index is 0.128. The zero-order valence-corrected chi connectivity index (χ0v) is 14.7. The van der Waals surface area contributed by atoms with Crippen LogP contribution >= 0.6 is 0 Å². The van der Waals surface area contributed by atoms with Crippen molar-refractivity contribution in [2.24, 2.45) is 0 Å². The molecule has 7 heteroatoms. The fraction of sp³-hybridized carbons (Fsp3) is 0.474. The summed E-state index contributed by atoms with van der Waals surface area (Å²) in [6.45, 7) is 1.01. The minimum atomic E-state index is -1.09. The number of ether oxygens (including phenoxy) is 1. The van der Waals surface area contributed by atoms with Gasteiger partial charge in [0.2, 0.25) is 0 Å². The third-order valence-corrected chi connectivity index (χ3v) is 4.87. The molecule has 1 N–H and O–H groups in total. The van der Waals surface area contributed by atoms with Gasteiger partial charge < -0.3 is 10.1 Å². The van der Waals surface area contributed by atoms with Crippen LogP contribution in [0.2, 0.25) is 0 Å². The largest absolute Gasteiger partial charge is 0.454 e. The first kappa shape index (κ1) is 18.1. The fourth-order valence-electron chi connectivity index (χ4n) is 3.44. The molecule has 138 valence electrons. The van der Waals surface area contributed by atoms with E-state index in [9.17, 15) is 19.2 Å². The van der Waals surface area contributed by atoms with Crippen LogP contribution in [0.3, 0.4) is 0 Å². The van der Waals surface area contributed by atoms with E-state index in [-0.39, 0.29) is 23.1 Å². The average molecular weight is 358 g/mol. The van der Waals surface area contributed by atoms with Crippen molar-refractivity contribution in [1.82, 2.24) is 10.2 Å². The second-order valence-corrected chi connectivity index (χ2v) is 6.71. The Kier molecular flexibility index (Phi) is 5.35. The van der Waals surface area contributed by atoms with Crippen molar-refractivity contribution in [3.05, 3.63) is 35.4 Å². The van der Waals surface area contributed by atoms with Crippen LogP contribution in [-0.2, 0) is 14.3 Å². The predicted molar refractivity (Wildman–Crippen MR) is 92.4 cm³/mol. The van der Waals surface area contributed by atoms with Crippen LogP contribution in [-0.4, -0.2) is 47.3 Å². The van der Waals surface area contributed by atoms with Gasteiger partial charge in [-0.25, -0.2) is 4.79 Å². The maximum absolute atomic E-state index is 12.4. The number of rotatable bonds is 5. The Morgan fingerprint density at radius 1 is 1.12 bits per heavy atom. The van der Waals surface area contributed by atoms with Crippen LogP contribution in [0.4, 0.5) is 0 Å². The van der Waals surface area contributed by atoms with Gasteiger partial charge in [0.15, 0.2) is 6.61 Å².